The average Bonchev–Trinajstić information content (AvgIpc) is 2.88. The lowest BCUT2D eigenvalue weighted by atomic mass is 10.3. The van der Waals surface area contributed by atoms with Crippen LogP contribution < -0.4 is 5.32 Å². The SMILES string of the molecule is Cc1ccsc1/C=C/C(=O)OCC(=O)Nc1cccc(Br)c1. The van der Waals surface area contributed by atoms with E-state index in [1.54, 1.807) is 35.6 Å². The molecule has 0 aliphatic carbocycles. The Morgan fingerprint density at radius 3 is 2.86 bits per heavy atom. The molecule has 22 heavy (non-hydrogen) atoms. The van der Waals surface area contributed by atoms with Crippen LogP contribution >= 0.6 is 27.3 Å². The van der Waals surface area contributed by atoms with Gasteiger partial charge in [-0.2, -0.15) is 0 Å². The molecule has 0 bridgehead atoms. The monoisotopic (exact) mass is 379 g/mol. The van der Waals surface area contributed by atoms with Crippen LogP contribution in [0.25, 0.3) is 6.08 Å². The van der Waals surface area contributed by atoms with E-state index in [0.29, 0.717) is 5.69 Å². The highest BCUT2D eigenvalue weighted by Gasteiger charge is 2.06. The molecule has 4 nitrogen and oxygen atoms in total. The van der Waals surface area contributed by atoms with Gasteiger partial charge in [-0.25, -0.2) is 4.79 Å². The van der Waals surface area contributed by atoms with Gasteiger partial charge in [0.05, 0.1) is 0 Å². The summed E-state index contributed by atoms with van der Waals surface area (Å²) in [6, 6.07) is 9.15. The van der Waals surface area contributed by atoms with Crippen LogP contribution in [0.5, 0.6) is 0 Å². The summed E-state index contributed by atoms with van der Waals surface area (Å²) in [6.45, 7) is 1.64. The first-order valence-electron chi connectivity index (χ1n) is 6.49. The number of amides is 1. The van der Waals surface area contributed by atoms with E-state index in [9.17, 15) is 9.59 Å². The zero-order valence-corrected chi connectivity index (χ0v) is 14.2. The minimum atomic E-state index is -0.544. The smallest absolute Gasteiger partial charge is 0.331 e. The highest BCUT2D eigenvalue weighted by molar-refractivity contribution is 9.10. The second-order valence-corrected chi connectivity index (χ2v) is 6.33. The third kappa shape index (κ3) is 5.13. The second-order valence-electron chi connectivity index (χ2n) is 4.47. The van der Waals surface area contributed by atoms with Crippen molar-refractivity contribution in [2.75, 3.05) is 11.9 Å². The summed E-state index contributed by atoms with van der Waals surface area (Å²) in [4.78, 5) is 24.3. The van der Waals surface area contributed by atoms with E-state index < -0.39 is 5.97 Å². The molecule has 0 spiro atoms. The lowest BCUT2D eigenvalue weighted by molar-refractivity contribution is -0.142. The predicted molar refractivity (Wildman–Crippen MR) is 91.8 cm³/mol. The summed E-state index contributed by atoms with van der Waals surface area (Å²) in [6.07, 6.45) is 3.01. The minimum Gasteiger partial charge on any atom is -0.452 e. The quantitative estimate of drug-likeness (QED) is 0.630. The Morgan fingerprint density at radius 2 is 2.18 bits per heavy atom. The van der Waals surface area contributed by atoms with E-state index in [2.05, 4.69) is 21.2 Å². The lowest BCUT2D eigenvalue weighted by Crippen LogP contribution is -2.20. The summed E-state index contributed by atoms with van der Waals surface area (Å²) in [5.41, 5.74) is 1.74. The van der Waals surface area contributed by atoms with Gasteiger partial charge < -0.3 is 10.1 Å². The molecule has 0 atom stereocenters. The van der Waals surface area contributed by atoms with Gasteiger partial charge in [0.1, 0.15) is 0 Å². The number of hydrogen-bond donors (Lipinski definition) is 1. The largest absolute Gasteiger partial charge is 0.452 e. The number of nitrogens with one attached hydrogen (secondary N) is 1. The van der Waals surface area contributed by atoms with E-state index in [-0.39, 0.29) is 12.5 Å². The number of halogens is 1. The Balaban J connectivity index is 1.80. The van der Waals surface area contributed by atoms with Crippen LogP contribution in [-0.4, -0.2) is 18.5 Å². The molecule has 1 N–H and O–H groups in total. The predicted octanol–water partition coefficient (Wildman–Crippen LogP) is 4.01. The van der Waals surface area contributed by atoms with Gasteiger partial charge in [0.15, 0.2) is 6.61 Å². The number of anilines is 1. The van der Waals surface area contributed by atoms with Gasteiger partial charge in [0.2, 0.25) is 0 Å². The molecule has 1 aromatic heterocycles. The van der Waals surface area contributed by atoms with Crippen LogP contribution in [0.15, 0.2) is 46.3 Å². The van der Waals surface area contributed by atoms with Crippen LogP contribution in [0, 0.1) is 6.92 Å². The molecular formula is C16H14BrNO3S. The summed E-state index contributed by atoms with van der Waals surface area (Å²) >= 11 is 4.86. The van der Waals surface area contributed by atoms with Gasteiger partial charge in [0.25, 0.3) is 5.91 Å². The van der Waals surface area contributed by atoms with Crippen molar-refractivity contribution >= 4 is 50.9 Å². The fourth-order valence-electron chi connectivity index (χ4n) is 1.65. The maximum Gasteiger partial charge on any atom is 0.331 e. The Bertz CT molecular complexity index is 709. The van der Waals surface area contributed by atoms with Crippen molar-refractivity contribution in [1.29, 1.82) is 0 Å². The summed E-state index contributed by atoms with van der Waals surface area (Å²) < 4.78 is 5.76. The molecule has 2 aromatic rings. The van der Waals surface area contributed by atoms with Gasteiger partial charge in [-0.15, -0.1) is 11.3 Å². The number of aryl methyl sites for hydroxylation is 1. The number of benzene rings is 1. The van der Waals surface area contributed by atoms with Crippen molar-refractivity contribution < 1.29 is 14.3 Å². The average molecular weight is 380 g/mol. The molecule has 0 saturated heterocycles. The van der Waals surface area contributed by atoms with Crippen LogP contribution in [0.1, 0.15) is 10.4 Å². The van der Waals surface area contributed by atoms with E-state index >= 15 is 0 Å². The van der Waals surface area contributed by atoms with Gasteiger partial charge >= 0.3 is 5.97 Å². The first-order valence-corrected chi connectivity index (χ1v) is 8.16. The molecule has 0 aliphatic heterocycles. The number of rotatable bonds is 5. The van der Waals surface area contributed by atoms with Crippen LogP contribution in [0.2, 0.25) is 0 Å². The van der Waals surface area contributed by atoms with Crippen molar-refractivity contribution in [1.82, 2.24) is 0 Å². The van der Waals surface area contributed by atoms with Crippen LogP contribution in [0.3, 0.4) is 0 Å². The third-order valence-corrected chi connectivity index (χ3v) is 4.20. The Hall–Kier alpha value is -1.92. The minimum absolute atomic E-state index is 0.320. The van der Waals surface area contributed by atoms with Gasteiger partial charge in [-0.1, -0.05) is 22.0 Å². The van der Waals surface area contributed by atoms with Crippen molar-refractivity contribution in [3.8, 4) is 0 Å². The van der Waals surface area contributed by atoms with Crippen molar-refractivity contribution in [2.24, 2.45) is 0 Å². The number of carbonyl (C=O) groups is 2. The summed E-state index contributed by atoms with van der Waals surface area (Å²) in [7, 11) is 0. The van der Waals surface area contributed by atoms with Gasteiger partial charge in [0, 0.05) is 21.1 Å². The molecule has 1 aromatic carbocycles. The normalized spacial score (nSPS) is 10.6. The Morgan fingerprint density at radius 1 is 1.36 bits per heavy atom. The Kier molecular flexibility index (Phi) is 5.91. The van der Waals surface area contributed by atoms with Crippen LogP contribution in [-0.2, 0) is 14.3 Å². The molecule has 0 unspecified atom stereocenters. The standard InChI is InChI=1S/C16H14BrNO3S/c1-11-7-8-22-14(11)5-6-16(20)21-10-15(19)18-13-4-2-3-12(17)9-13/h2-9H,10H2,1H3,(H,18,19)/b6-5+. The number of ether oxygens (including phenoxy) is 1. The molecule has 0 radical (unpaired) electrons. The molecular weight excluding hydrogens is 366 g/mol. The van der Waals surface area contributed by atoms with Crippen molar-refractivity contribution in [3.63, 3.8) is 0 Å². The van der Waals surface area contributed by atoms with E-state index in [0.717, 1.165) is 14.9 Å². The van der Waals surface area contributed by atoms with Gasteiger partial charge in [-0.05, 0) is 48.2 Å². The first-order chi connectivity index (χ1) is 10.5. The Labute approximate surface area is 140 Å². The maximum absolute atomic E-state index is 11.7. The summed E-state index contributed by atoms with van der Waals surface area (Å²) in [5.74, 6) is -0.927. The lowest BCUT2D eigenvalue weighted by Gasteiger charge is -2.05. The zero-order chi connectivity index (χ0) is 15.9. The fourth-order valence-corrected chi connectivity index (χ4v) is 2.87. The molecule has 0 fully saturated rings. The number of carbonyl (C=O) groups excluding carboxylic acids is 2. The molecule has 0 aliphatic rings. The molecule has 114 valence electrons. The molecule has 6 heteroatoms. The summed E-state index contributed by atoms with van der Waals surface area (Å²) in [5, 5.41) is 4.60. The van der Waals surface area contributed by atoms with E-state index in [1.165, 1.54) is 6.08 Å². The van der Waals surface area contributed by atoms with Crippen molar-refractivity contribution in [3.05, 3.63) is 56.7 Å². The number of hydrogen-bond acceptors (Lipinski definition) is 4. The molecule has 0 saturated carbocycles. The van der Waals surface area contributed by atoms with Crippen molar-refractivity contribution in [2.45, 2.75) is 6.92 Å². The number of thiophene rings is 1. The second kappa shape index (κ2) is 7.91. The molecule has 1 amide bonds. The fraction of sp³-hybridized carbons (Fsp3) is 0.125. The maximum atomic E-state index is 11.7. The van der Waals surface area contributed by atoms with Crippen LogP contribution in [0.4, 0.5) is 5.69 Å². The van der Waals surface area contributed by atoms with E-state index in [4.69, 9.17) is 4.74 Å². The highest BCUT2D eigenvalue weighted by atomic mass is 79.9. The topological polar surface area (TPSA) is 55.4 Å². The first kappa shape index (κ1) is 16.5. The number of esters is 1. The third-order valence-electron chi connectivity index (χ3n) is 2.73. The highest BCUT2D eigenvalue weighted by Crippen LogP contribution is 2.17. The zero-order valence-electron chi connectivity index (χ0n) is 11.8. The van der Waals surface area contributed by atoms with Gasteiger partial charge in [-0.3, -0.25) is 4.79 Å². The molecule has 2 rings (SSSR count). The molecule has 1 heterocycles. The van der Waals surface area contributed by atoms with E-state index in [1.807, 2.05) is 24.4 Å².